The fraction of sp³-hybridized carbons (Fsp3) is 0.364. The lowest BCUT2D eigenvalue weighted by Crippen LogP contribution is -2.35. The molecule has 0 heterocycles. The van der Waals surface area contributed by atoms with Crippen molar-refractivity contribution in [1.82, 2.24) is 0 Å². The van der Waals surface area contributed by atoms with Gasteiger partial charge in [0.15, 0.2) is 11.6 Å². The molecule has 2 fully saturated rings. The summed E-state index contributed by atoms with van der Waals surface area (Å²) >= 11 is 6.27. The Morgan fingerprint density at radius 1 is 0.840 bits per heavy atom. The minimum absolute atomic E-state index is 0.0737. The van der Waals surface area contributed by atoms with E-state index in [0.29, 0.717) is 0 Å². The van der Waals surface area contributed by atoms with E-state index in [1.165, 1.54) is 0 Å². The van der Waals surface area contributed by atoms with Crippen molar-refractivity contribution in [1.29, 1.82) is 0 Å². The normalized spacial score (nSPS) is 25.5. The largest absolute Gasteiger partial charge is 0.298 e. The van der Waals surface area contributed by atoms with E-state index in [0.717, 1.165) is 52.1 Å². The second-order valence-corrected chi connectivity index (χ2v) is 7.89. The van der Waals surface area contributed by atoms with E-state index in [-0.39, 0.29) is 23.4 Å². The number of hydrogen-bond donors (Lipinski definition) is 0. The molecule has 2 aromatic carbocycles. The minimum Gasteiger partial charge on any atom is -0.298 e. The van der Waals surface area contributed by atoms with Gasteiger partial charge in [-0.05, 0) is 73.1 Å². The monoisotopic (exact) mass is 352 g/mol. The Labute approximate surface area is 153 Å². The van der Waals surface area contributed by atoms with Crippen molar-refractivity contribution in [2.24, 2.45) is 11.8 Å². The standard InChI is InChI=1S/C22H21ClO2/c1-12-3-5-14(15-6-4-13(2)19(23)11-15)10-18(12)20-21(24)16-7-8-17(9-16)22(20)25/h3-6,10-11,16-17,20H,7-9H2,1-2H3/t16-,17+,20?. The number of carbonyl (C=O) groups is 2. The molecule has 0 spiro atoms. The maximum Gasteiger partial charge on any atom is 0.150 e. The van der Waals surface area contributed by atoms with Gasteiger partial charge in [-0.25, -0.2) is 0 Å². The van der Waals surface area contributed by atoms with Crippen LogP contribution in [0, 0.1) is 25.7 Å². The number of halogens is 1. The SMILES string of the molecule is Cc1ccc(-c2ccc(C)c(C3C(=O)[C@@H]4CC[C@@H](C4)C3=O)c2)cc1Cl. The molecule has 0 radical (unpaired) electrons. The topological polar surface area (TPSA) is 34.1 Å². The number of rotatable bonds is 2. The lowest BCUT2D eigenvalue weighted by Gasteiger charge is -2.27. The second-order valence-electron chi connectivity index (χ2n) is 7.48. The number of aryl methyl sites for hydroxylation is 2. The molecule has 4 rings (SSSR count). The van der Waals surface area contributed by atoms with Crippen LogP contribution in [0.25, 0.3) is 11.1 Å². The Morgan fingerprint density at radius 3 is 2.00 bits per heavy atom. The molecule has 2 bridgehead atoms. The highest BCUT2D eigenvalue weighted by Gasteiger charge is 2.47. The predicted octanol–water partition coefficient (Wildman–Crippen LogP) is 5.28. The van der Waals surface area contributed by atoms with Gasteiger partial charge in [-0.15, -0.1) is 0 Å². The summed E-state index contributed by atoms with van der Waals surface area (Å²) in [5.41, 5.74) is 4.93. The molecule has 1 unspecified atom stereocenters. The van der Waals surface area contributed by atoms with Crippen LogP contribution >= 0.6 is 11.6 Å². The van der Waals surface area contributed by atoms with Gasteiger partial charge < -0.3 is 0 Å². The van der Waals surface area contributed by atoms with E-state index in [2.05, 4.69) is 0 Å². The van der Waals surface area contributed by atoms with Crippen LogP contribution in [0.3, 0.4) is 0 Å². The fourth-order valence-electron chi connectivity index (χ4n) is 4.32. The molecule has 128 valence electrons. The van der Waals surface area contributed by atoms with E-state index in [1.54, 1.807) is 0 Å². The summed E-state index contributed by atoms with van der Waals surface area (Å²) in [5, 5.41) is 0.725. The average Bonchev–Trinajstić information content (AvgIpc) is 3.05. The van der Waals surface area contributed by atoms with Crippen molar-refractivity contribution >= 4 is 23.2 Å². The van der Waals surface area contributed by atoms with Gasteiger partial charge in [0, 0.05) is 16.9 Å². The molecular formula is C22H21ClO2. The first-order chi connectivity index (χ1) is 12.0. The summed E-state index contributed by atoms with van der Waals surface area (Å²) in [4.78, 5) is 25.7. The Morgan fingerprint density at radius 2 is 1.40 bits per heavy atom. The van der Waals surface area contributed by atoms with Gasteiger partial charge in [0.1, 0.15) is 5.92 Å². The van der Waals surface area contributed by atoms with Gasteiger partial charge in [0.2, 0.25) is 0 Å². The van der Waals surface area contributed by atoms with Crippen molar-refractivity contribution in [3.05, 3.63) is 58.1 Å². The first-order valence-electron chi connectivity index (χ1n) is 8.90. The number of hydrogen-bond acceptors (Lipinski definition) is 2. The van der Waals surface area contributed by atoms with Gasteiger partial charge in [0.25, 0.3) is 0 Å². The third kappa shape index (κ3) is 2.73. The molecular weight excluding hydrogens is 332 g/mol. The molecule has 0 saturated heterocycles. The molecule has 2 aromatic rings. The highest BCUT2D eigenvalue weighted by atomic mass is 35.5. The second kappa shape index (κ2) is 6.10. The van der Waals surface area contributed by atoms with Crippen molar-refractivity contribution < 1.29 is 9.59 Å². The Balaban J connectivity index is 1.79. The van der Waals surface area contributed by atoms with Gasteiger partial charge in [-0.1, -0.05) is 35.9 Å². The van der Waals surface area contributed by atoms with Crippen LogP contribution in [-0.4, -0.2) is 11.6 Å². The highest BCUT2D eigenvalue weighted by Crippen LogP contribution is 2.45. The van der Waals surface area contributed by atoms with Crippen molar-refractivity contribution in [2.75, 3.05) is 0 Å². The molecule has 0 aromatic heterocycles. The van der Waals surface area contributed by atoms with Gasteiger partial charge in [-0.2, -0.15) is 0 Å². The van der Waals surface area contributed by atoms with E-state index in [1.807, 2.05) is 50.2 Å². The van der Waals surface area contributed by atoms with E-state index in [9.17, 15) is 9.59 Å². The van der Waals surface area contributed by atoms with Crippen molar-refractivity contribution in [2.45, 2.75) is 39.0 Å². The molecule has 2 aliphatic carbocycles. The zero-order valence-corrected chi connectivity index (χ0v) is 15.3. The lowest BCUT2D eigenvalue weighted by molar-refractivity contribution is -0.135. The van der Waals surface area contributed by atoms with Crippen LogP contribution in [0.2, 0.25) is 5.02 Å². The maximum absolute atomic E-state index is 12.9. The molecule has 3 atom stereocenters. The molecule has 2 aliphatic rings. The van der Waals surface area contributed by atoms with E-state index < -0.39 is 5.92 Å². The van der Waals surface area contributed by atoms with Crippen LogP contribution in [-0.2, 0) is 9.59 Å². The smallest absolute Gasteiger partial charge is 0.150 e. The number of fused-ring (bicyclic) bond motifs is 2. The number of ketones is 2. The zero-order chi connectivity index (χ0) is 17.7. The summed E-state index contributed by atoms with van der Waals surface area (Å²) in [6, 6.07) is 12.0. The highest BCUT2D eigenvalue weighted by molar-refractivity contribution is 6.31. The molecule has 2 nitrogen and oxygen atoms in total. The quantitative estimate of drug-likeness (QED) is 0.689. The maximum atomic E-state index is 12.9. The minimum atomic E-state index is -0.577. The lowest BCUT2D eigenvalue weighted by atomic mass is 9.74. The molecule has 0 N–H and O–H groups in total. The number of Topliss-reactive ketones (excluding diaryl/α,β-unsaturated/α-hetero) is 2. The summed E-state index contributed by atoms with van der Waals surface area (Å²) < 4.78 is 0. The predicted molar refractivity (Wildman–Crippen MR) is 99.9 cm³/mol. The molecule has 2 saturated carbocycles. The number of benzene rings is 2. The van der Waals surface area contributed by atoms with Crippen molar-refractivity contribution in [3.8, 4) is 11.1 Å². The third-order valence-corrected chi connectivity index (χ3v) is 6.31. The van der Waals surface area contributed by atoms with Gasteiger partial charge >= 0.3 is 0 Å². The number of carbonyl (C=O) groups excluding carboxylic acids is 2. The zero-order valence-electron chi connectivity index (χ0n) is 14.5. The fourth-order valence-corrected chi connectivity index (χ4v) is 4.50. The van der Waals surface area contributed by atoms with Gasteiger partial charge in [-0.3, -0.25) is 9.59 Å². The summed E-state index contributed by atoms with van der Waals surface area (Å²) in [7, 11) is 0. The summed E-state index contributed by atoms with van der Waals surface area (Å²) in [6.07, 6.45) is 2.51. The average molecular weight is 353 g/mol. The Kier molecular flexibility index (Phi) is 4.04. The van der Waals surface area contributed by atoms with Crippen LogP contribution in [0.5, 0.6) is 0 Å². The first kappa shape index (κ1) is 16.5. The van der Waals surface area contributed by atoms with Crippen molar-refractivity contribution in [3.63, 3.8) is 0 Å². The summed E-state index contributed by atoms with van der Waals surface area (Å²) in [6.45, 7) is 3.96. The third-order valence-electron chi connectivity index (χ3n) is 5.90. The van der Waals surface area contributed by atoms with Crippen LogP contribution < -0.4 is 0 Å². The van der Waals surface area contributed by atoms with Crippen LogP contribution in [0.1, 0.15) is 41.9 Å². The first-order valence-corrected chi connectivity index (χ1v) is 9.28. The Hall–Kier alpha value is -1.93. The molecule has 3 heteroatoms. The van der Waals surface area contributed by atoms with E-state index >= 15 is 0 Å². The molecule has 0 aliphatic heterocycles. The van der Waals surface area contributed by atoms with E-state index in [4.69, 9.17) is 11.6 Å². The summed E-state index contributed by atoms with van der Waals surface area (Å²) in [5.74, 6) is -0.178. The Bertz CT molecular complexity index is 862. The molecule has 0 amide bonds. The molecule has 25 heavy (non-hydrogen) atoms. The van der Waals surface area contributed by atoms with Gasteiger partial charge in [0.05, 0.1) is 0 Å². The van der Waals surface area contributed by atoms with Crippen LogP contribution in [0.15, 0.2) is 36.4 Å². The van der Waals surface area contributed by atoms with Crippen LogP contribution in [0.4, 0.5) is 0 Å².